The van der Waals surface area contributed by atoms with Gasteiger partial charge in [-0.2, -0.15) is 0 Å². The molecule has 0 aliphatic heterocycles. The number of aryl methyl sites for hydroxylation is 1. The standard InChI is InChI=1S/C15H16N2O3S/c1-9-4-3-5-11(8-9)10(2)16-15(20)17-13-12(14(18)19)6-7-21-13/h3-8,10H,1-2H3,(H,18,19)(H2,16,17,20)/t10-/m0/s1. The third-order valence-corrected chi connectivity index (χ3v) is 3.84. The summed E-state index contributed by atoms with van der Waals surface area (Å²) in [5.74, 6) is -1.06. The van der Waals surface area contributed by atoms with Gasteiger partial charge in [-0.1, -0.05) is 29.8 Å². The zero-order valence-electron chi connectivity index (χ0n) is 11.7. The van der Waals surface area contributed by atoms with Crippen molar-refractivity contribution in [2.45, 2.75) is 19.9 Å². The van der Waals surface area contributed by atoms with Crippen LogP contribution in [0.3, 0.4) is 0 Å². The molecule has 0 saturated heterocycles. The van der Waals surface area contributed by atoms with Gasteiger partial charge in [-0.25, -0.2) is 9.59 Å². The Hall–Kier alpha value is -2.34. The van der Waals surface area contributed by atoms with Gasteiger partial charge in [0.05, 0.1) is 11.6 Å². The van der Waals surface area contributed by atoms with Crippen molar-refractivity contribution >= 4 is 28.3 Å². The molecule has 6 heteroatoms. The highest BCUT2D eigenvalue weighted by molar-refractivity contribution is 7.14. The number of thiophene rings is 1. The molecule has 0 aliphatic rings. The topological polar surface area (TPSA) is 78.4 Å². The van der Waals surface area contributed by atoms with E-state index in [1.165, 1.54) is 17.4 Å². The van der Waals surface area contributed by atoms with Crippen LogP contribution in [0.1, 0.15) is 34.5 Å². The number of nitrogens with one attached hydrogen (secondary N) is 2. The molecule has 0 radical (unpaired) electrons. The van der Waals surface area contributed by atoms with E-state index in [0.717, 1.165) is 11.1 Å². The summed E-state index contributed by atoms with van der Waals surface area (Å²) in [5.41, 5.74) is 2.21. The van der Waals surface area contributed by atoms with Gasteiger partial charge < -0.3 is 10.4 Å². The second kappa shape index (κ2) is 6.41. The monoisotopic (exact) mass is 304 g/mol. The van der Waals surface area contributed by atoms with Crippen molar-refractivity contribution < 1.29 is 14.7 Å². The summed E-state index contributed by atoms with van der Waals surface area (Å²) in [6, 6.07) is 8.73. The maximum absolute atomic E-state index is 11.9. The molecule has 2 amide bonds. The molecule has 2 aromatic rings. The van der Waals surface area contributed by atoms with Gasteiger partial charge >= 0.3 is 12.0 Å². The molecule has 0 saturated carbocycles. The average molecular weight is 304 g/mol. The number of carboxylic acid groups (broad SMARTS) is 1. The van der Waals surface area contributed by atoms with Crippen molar-refractivity contribution in [3.8, 4) is 0 Å². The SMILES string of the molecule is Cc1cccc([C@H](C)NC(=O)Nc2sccc2C(=O)O)c1. The first-order valence-corrected chi connectivity index (χ1v) is 7.30. The second-order valence-electron chi connectivity index (χ2n) is 4.70. The number of rotatable bonds is 4. The van der Waals surface area contributed by atoms with Gasteiger partial charge in [0.1, 0.15) is 5.00 Å². The van der Waals surface area contributed by atoms with E-state index in [9.17, 15) is 9.59 Å². The summed E-state index contributed by atoms with van der Waals surface area (Å²) in [6.07, 6.45) is 0. The Bertz CT molecular complexity index is 666. The number of benzene rings is 1. The molecule has 21 heavy (non-hydrogen) atoms. The maximum Gasteiger partial charge on any atom is 0.338 e. The van der Waals surface area contributed by atoms with Crippen LogP contribution in [0, 0.1) is 6.92 Å². The third kappa shape index (κ3) is 3.82. The van der Waals surface area contributed by atoms with Crippen LogP contribution in [0.4, 0.5) is 9.80 Å². The van der Waals surface area contributed by atoms with Gasteiger partial charge in [-0.15, -0.1) is 11.3 Å². The van der Waals surface area contributed by atoms with Gasteiger partial charge in [0.15, 0.2) is 0 Å². The fourth-order valence-corrected chi connectivity index (χ4v) is 2.71. The Morgan fingerprint density at radius 2 is 2.05 bits per heavy atom. The molecule has 0 unspecified atom stereocenters. The van der Waals surface area contributed by atoms with Crippen molar-refractivity contribution in [2.75, 3.05) is 5.32 Å². The lowest BCUT2D eigenvalue weighted by molar-refractivity contribution is 0.0698. The lowest BCUT2D eigenvalue weighted by atomic mass is 10.1. The fourth-order valence-electron chi connectivity index (χ4n) is 1.93. The van der Waals surface area contributed by atoms with Gasteiger partial charge in [-0.05, 0) is 30.9 Å². The molecular formula is C15H16N2O3S. The van der Waals surface area contributed by atoms with E-state index in [1.807, 2.05) is 38.1 Å². The molecule has 3 N–H and O–H groups in total. The van der Waals surface area contributed by atoms with Crippen LogP contribution < -0.4 is 10.6 Å². The van der Waals surface area contributed by atoms with E-state index in [4.69, 9.17) is 5.11 Å². The molecule has 2 rings (SSSR count). The first kappa shape index (κ1) is 15.1. The number of aromatic carboxylic acids is 1. The van der Waals surface area contributed by atoms with Crippen LogP contribution in [-0.2, 0) is 0 Å². The van der Waals surface area contributed by atoms with E-state index >= 15 is 0 Å². The minimum Gasteiger partial charge on any atom is -0.478 e. The van der Waals surface area contributed by atoms with Crippen LogP contribution in [0.5, 0.6) is 0 Å². The molecular weight excluding hydrogens is 288 g/mol. The highest BCUT2D eigenvalue weighted by Gasteiger charge is 2.15. The molecule has 1 heterocycles. The van der Waals surface area contributed by atoms with Crippen LogP contribution in [0.15, 0.2) is 35.7 Å². The number of anilines is 1. The number of carbonyl (C=O) groups excluding carboxylic acids is 1. The number of amides is 2. The minimum absolute atomic E-state index is 0.0957. The van der Waals surface area contributed by atoms with Crippen molar-refractivity contribution in [3.63, 3.8) is 0 Å². The molecule has 0 aliphatic carbocycles. The summed E-state index contributed by atoms with van der Waals surface area (Å²) in [7, 11) is 0. The Kier molecular flexibility index (Phi) is 4.59. The highest BCUT2D eigenvalue weighted by atomic mass is 32.1. The van der Waals surface area contributed by atoms with E-state index < -0.39 is 12.0 Å². The summed E-state index contributed by atoms with van der Waals surface area (Å²) < 4.78 is 0. The summed E-state index contributed by atoms with van der Waals surface area (Å²) >= 11 is 1.18. The highest BCUT2D eigenvalue weighted by Crippen LogP contribution is 2.23. The zero-order valence-corrected chi connectivity index (χ0v) is 12.5. The van der Waals surface area contributed by atoms with E-state index in [0.29, 0.717) is 5.00 Å². The molecule has 0 spiro atoms. The molecule has 1 aromatic heterocycles. The van der Waals surface area contributed by atoms with Gasteiger partial charge in [0.2, 0.25) is 0 Å². The summed E-state index contributed by atoms with van der Waals surface area (Å²) in [5, 5.41) is 16.3. The number of hydrogen-bond donors (Lipinski definition) is 3. The maximum atomic E-state index is 11.9. The molecule has 0 fully saturated rings. The quantitative estimate of drug-likeness (QED) is 0.807. The second-order valence-corrected chi connectivity index (χ2v) is 5.62. The summed E-state index contributed by atoms with van der Waals surface area (Å²) in [4.78, 5) is 22.9. The lowest BCUT2D eigenvalue weighted by Gasteiger charge is -2.15. The van der Waals surface area contributed by atoms with E-state index in [-0.39, 0.29) is 11.6 Å². The number of urea groups is 1. The molecule has 5 nitrogen and oxygen atoms in total. The smallest absolute Gasteiger partial charge is 0.338 e. The number of carboxylic acids is 1. The minimum atomic E-state index is -1.06. The van der Waals surface area contributed by atoms with Crippen molar-refractivity contribution in [1.29, 1.82) is 0 Å². The Labute approximate surface area is 126 Å². The third-order valence-electron chi connectivity index (χ3n) is 3.01. The van der Waals surface area contributed by atoms with Crippen LogP contribution >= 0.6 is 11.3 Å². The van der Waals surface area contributed by atoms with Crippen molar-refractivity contribution in [3.05, 3.63) is 52.4 Å². The van der Waals surface area contributed by atoms with Crippen LogP contribution in [0.2, 0.25) is 0 Å². The fraction of sp³-hybridized carbons (Fsp3) is 0.200. The lowest BCUT2D eigenvalue weighted by Crippen LogP contribution is -2.31. The first-order chi connectivity index (χ1) is 9.97. The Balaban J connectivity index is 2.01. The van der Waals surface area contributed by atoms with E-state index in [2.05, 4.69) is 10.6 Å². The Morgan fingerprint density at radius 3 is 2.71 bits per heavy atom. The van der Waals surface area contributed by atoms with Gasteiger partial charge in [-0.3, -0.25) is 5.32 Å². The molecule has 1 aromatic carbocycles. The predicted molar refractivity (Wildman–Crippen MR) is 83.0 cm³/mol. The molecule has 0 bridgehead atoms. The molecule has 110 valence electrons. The number of hydrogen-bond acceptors (Lipinski definition) is 3. The average Bonchev–Trinajstić information content (AvgIpc) is 2.86. The van der Waals surface area contributed by atoms with Gasteiger partial charge in [0, 0.05) is 0 Å². The zero-order chi connectivity index (χ0) is 15.4. The van der Waals surface area contributed by atoms with E-state index in [1.54, 1.807) is 5.38 Å². The predicted octanol–water partition coefficient (Wildman–Crippen LogP) is 3.64. The summed E-state index contributed by atoms with van der Waals surface area (Å²) in [6.45, 7) is 3.86. The van der Waals surface area contributed by atoms with Gasteiger partial charge in [0.25, 0.3) is 0 Å². The largest absolute Gasteiger partial charge is 0.478 e. The van der Waals surface area contributed by atoms with Crippen LogP contribution in [0.25, 0.3) is 0 Å². The van der Waals surface area contributed by atoms with Crippen molar-refractivity contribution in [2.24, 2.45) is 0 Å². The normalized spacial score (nSPS) is 11.7. The molecule has 1 atom stereocenters. The first-order valence-electron chi connectivity index (χ1n) is 6.42. The van der Waals surface area contributed by atoms with Crippen molar-refractivity contribution in [1.82, 2.24) is 5.32 Å². The Morgan fingerprint density at radius 1 is 1.29 bits per heavy atom. The number of carbonyl (C=O) groups is 2. The van der Waals surface area contributed by atoms with Crippen LogP contribution in [-0.4, -0.2) is 17.1 Å².